The Morgan fingerprint density at radius 1 is 0.909 bits per heavy atom. The van der Waals surface area contributed by atoms with E-state index < -0.39 is 18.6 Å². The van der Waals surface area contributed by atoms with E-state index in [-0.39, 0.29) is 10.4 Å². The number of aryl methyl sites for hydroxylation is 1. The van der Waals surface area contributed by atoms with E-state index in [4.69, 9.17) is 0 Å². The molecule has 2 aromatic rings. The van der Waals surface area contributed by atoms with Crippen molar-refractivity contribution in [3.8, 4) is 0 Å². The molecule has 0 bridgehead atoms. The van der Waals surface area contributed by atoms with Gasteiger partial charge in [0.15, 0.2) is 9.84 Å². The topological polar surface area (TPSA) is 34.1 Å². The fourth-order valence-corrected chi connectivity index (χ4v) is 8.99. The Bertz CT molecular complexity index is 714. The highest BCUT2D eigenvalue weighted by Gasteiger charge is 2.33. The van der Waals surface area contributed by atoms with Crippen LogP contribution in [0.25, 0.3) is 0 Å². The third-order valence-corrected chi connectivity index (χ3v) is 10.2. The van der Waals surface area contributed by atoms with Gasteiger partial charge in [0.05, 0.1) is 10.3 Å². The van der Waals surface area contributed by atoms with Crippen LogP contribution in [0.5, 0.6) is 0 Å². The molecular weight excluding hydrogens is 308 g/mol. The van der Waals surface area contributed by atoms with E-state index in [1.54, 1.807) is 12.1 Å². The highest BCUT2D eigenvalue weighted by Crippen LogP contribution is 2.29. The van der Waals surface area contributed by atoms with Crippen molar-refractivity contribution in [1.82, 2.24) is 0 Å². The van der Waals surface area contributed by atoms with Crippen LogP contribution in [0.3, 0.4) is 0 Å². The van der Waals surface area contributed by atoms with E-state index in [0.29, 0.717) is 4.90 Å². The summed E-state index contributed by atoms with van der Waals surface area (Å²) in [5.74, 6) is 0. The molecule has 0 saturated heterocycles. The molecule has 0 N–H and O–H groups in total. The van der Waals surface area contributed by atoms with Gasteiger partial charge < -0.3 is 0 Å². The average molecular weight is 332 g/mol. The standard InChI is InChI=1S/C18H23O2SSi/c1-15-10-12-16(13-11-15)21(19,20)14-22(18(2,3)4)17-8-6-5-7-9-17/h5-13H,14H2,1-4H3. The zero-order chi connectivity index (χ0) is 16.4. The summed E-state index contributed by atoms with van der Waals surface area (Å²) >= 11 is 0. The lowest BCUT2D eigenvalue weighted by Crippen LogP contribution is -2.44. The molecule has 0 aliphatic carbocycles. The molecule has 1 radical (unpaired) electrons. The van der Waals surface area contributed by atoms with Crippen LogP contribution in [-0.2, 0) is 9.84 Å². The second kappa shape index (κ2) is 6.38. The number of hydrogen-bond acceptors (Lipinski definition) is 2. The summed E-state index contributed by atoms with van der Waals surface area (Å²) < 4.78 is 25.6. The molecule has 0 spiro atoms. The number of benzene rings is 2. The van der Waals surface area contributed by atoms with E-state index in [1.807, 2.05) is 37.3 Å². The third kappa shape index (κ3) is 4.08. The Hall–Kier alpha value is -1.39. The lowest BCUT2D eigenvalue weighted by Gasteiger charge is -2.29. The van der Waals surface area contributed by atoms with Crippen LogP contribution in [0.4, 0.5) is 0 Å². The normalized spacial score (nSPS) is 12.6. The second-order valence-corrected chi connectivity index (χ2v) is 12.6. The lowest BCUT2D eigenvalue weighted by molar-refractivity contribution is 0.599. The van der Waals surface area contributed by atoms with Crippen LogP contribution in [0.15, 0.2) is 59.5 Å². The number of hydrogen-bond donors (Lipinski definition) is 0. The van der Waals surface area contributed by atoms with Crippen molar-refractivity contribution >= 4 is 23.8 Å². The first-order valence-electron chi connectivity index (χ1n) is 7.41. The minimum Gasteiger partial charge on any atom is -0.224 e. The summed E-state index contributed by atoms with van der Waals surface area (Å²) in [6.45, 7) is 8.38. The van der Waals surface area contributed by atoms with Gasteiger partial charge in [-0.2, -0.15) is 0 Å². The molecule has 117 valence electrons. The minimum atomic E-state index is -3.26. The first-order chi connectivity index (χ1) is 10.2. The molecule has 0 amide bonds. The molecule has 0 aliphatic rings. The van der Waals surface area contributed by atoms with Gasteiger partial charge in [-0.1, -0.05) is 74.0 Å². The van der Waals surface area contributed by atoms with Crippen molar-refractivity contribution in [2.24, 2.45) is 0 Å². The molecule has 2 aromatic carbocycles. The van der Waals surface area contributed by atoms with Gasteiger partial charge in [0.1, 0.15) is 8.80 Å². The molecule has 0 fully saturated rings. The van der Waals surface area contributed by atoms with E-state index in [1.165, 1.54) is 5.19 Å². The number of sulfone groups is 1. The summed E-state index contributed by atoms with van der Waals surface area (Å²) in [4.78, 5) is 0.431. The van der Waals surface area contributed by atoms with E-state index in [0.717, 1.165) is 5.56 Å². The first kappa shape index (κ1) is 17.0. The van der Waals surface area contributed by atoms with Gasteiger partial charge in [0.25, 0.3) is 0 Å². The molecule has 2 nitrogen and oxygen atoms in total. The highest BCUT2D eigenvalue weighted by atomic mass is 32.2. The van der Waals surface area contributed by atoms with Crippen molar-refractivity contribution in [2.75, 3.05) is 5.38 Å². The Morgan fingerprint density at radius 3 is 1.95 bits per heavy atom. The van der Waals surface area contributed by atoms with Gasteiger partial charge in [-0.15, -0.1) is 0 Å². The number of rotatable bonds is 4. The molecule has 22 heavy (non-hydrogen) atoms. The van der Waals surface area contributed by atoms with Crippen LogP contribution in [0.1, 0.15) is 26.3 Å². The zero-order valence-electron chi connectivity index (χ0n) is 13.6. The predicted molar refractivity (Wildman–Crippen MR) is 94.8 cm³/mol. The summed E-state index contributed by atoms with van der Waals surface area (Å²) in [6.07, 6.45) is 0. The predicted octanol–water partition coefficient (Wildman–Crippen LogP) is 3.51. The lowest BCUT2D eigenvalue weighted by atomic mass is 10.2. The Labute approximate surface area is 135 Å². The van der Waals surface area contributed by atoms with Gasteiger partial charge in [-0.3, -0.25) is 0 Å². The Morgan fingerprint density at radius 2 is 1.45 bits per heavy atom. The van der Waals surface area contributed by atoms with Gasteiger partial charge in [-0.05, 0) is 24.1 Å². The maximum atomic E-state index is 12.8. The fraction of sp³-hybridized carbons (Fsp3) is 0.333. The van der Waals surface area contributed by atoms with Crippen LogP contribution in [0.2, 0.25) is 5.04 Å². The Kier molecular flexibility index (Phi) is 4.92. The maximum absolute atomic E-state index is 12.8. The summed E-state index contributed by atoms with van der Waals surface area (Å²) in [5.41, 5.74) is 1.07. The van der Waals surface area contributed by atoms with Crippen LogP contribution in [-0.4, -0.2) is 22.6 Å². The Balaban J connectivity index is 2.37. The maximum Gasteiger partial charge on any atom is 0.176 e. The van der Waals surface area contributed by atoms with Crippen molar-refractivity contribution in [3.05, 3.63) is 60.2 Å². The van der Waals surface area contributed by atoms with Gasteiger partial charge in [0.2, 0.25) is 0 Å². The molecule has 0 aromatic heterocycles. The largest absolute Gasteiger partial charge is 0.224 e. The summed E-state index contributed by atoms with van der Waals surface area (Å²) in [7, 11) is -4.50. The molecule has 0 aliphatic heterocycles. The molecule has 2 rings (SSSR count). The summed E-state index contributed by atoms with van der Waals surface area (Å²) in [5, 5.41) is 1.38. The highest BCUT2D eigenvalue weighted by molar-refractivity contribution is 7.93. The molecule has 0 atom stereocenters. The van der Waals surface area contributed by atoms with Crippen LogP contribution >= 0.6 is 0 Å². The van der Waals surface area contributed by atoms with Crippen LogP contribution in [0, 0.1) is 6.92 Å². The van der Waals surface area contributed by atoms with Crippen molar-refractivity contribution in [3.63, 3.8) is 0 Å². The van der Waals surface area contributed by atoms with Gasteiger partial charge >= 0.3 is 0 Å². The fourth-order valence-electron chi connectivity index (χ4n) is 2.39. The molecule has 4 heteroatoms. The monoisotopic (exact) mass is 331 g/mol. The smallest absolute Gasteiger partial charge is 0.176 e. The second-order valence-electron chi connectivity index (χ2n) is 6.67. The molecule has 0 unspecified atom stereocenters. The van der Waals surface area contributed by atoms with Crippen molar-refractivity contribution in [2.45, 2.75) is 37.6 Å². The molecule has 0 heterocycles. The molecular formula is C18H23O2SSi. The first-order valence-corrected chi connectivity index (χ1v) is 10.8. The summed E-state index contributed by atoms with van der Waals surface area (Å²) in [6, 6.07) is 17.2. The van der Waals surface area contributed by atoms with Crippen molar-refractivity contribution in [1.29, 1.82) is 0 Å². The van der Waals surface area contributed by atoms with Crippen LogP contribution < -0.4 is 5.19 Å². The van der Waals surface area contributed by atoms with Gasteiger partial charge in [0, 0.05) is 0 Å². The average Bonchev–Trinajstić information content (AvgIpc) is 2.45. The molecule has 0 saturated carbocycles. The minimum absolute atomic E-state index is 0.0240. The van der Waals surface area contributed by atoms with Gasteiger partial charge in [-0.25, -0.2) is 8.42 Å². The zero-order valence-corrected chi connectivity index (χ0v) is 15.4. The van der Waals surface area contributed by atoms with E-state index >= 15 is 0 Å². The van der Waals surface area contributed by atoms with Crippen molar-refractivity contribution < 1.29 is 8.42 Å². The third-order valence-electron chi connectivity index (χ3n) is 3.74. The SMILES string of the molecule is Cc1ccc(S(=O)(=O)C[Si](c2ccccc2)C(C)(C)C)cc1. The van der Waals surface area contributed by atoms with E-state index in [9.17, 15) is 8.42 Å². The quantitative estimate of drug-likeness (QED) is 0.804. The van der Waals surface area contributed by atoms with E-state index in [2.05, 4.69) is 32.9 Å².